The van der Waals surface area contributed by atoms with E-state index >= 15 is 0 Å². The van der Waals surface area contributed by atoms with Crippen LogP contribution < -0.4 is 5.76 Å². The predicted octanol–water partition coefficient (Wildman–Crippen LogP) is 1.04. The van der Waals surface area contributed by atoms with E-state index in [1.807, 2.05) is 30.1 Å². The van der Waals surface area contributed by atoms with Crippen LogP contribution in [0.4, 0.5) is 0 Å². The summed E-state index contributed by atoms with van der Waals surface area (Å²) in [5.74, 6) is -1.19. The summed E-state index contributed by atoms with van der Waals surface area (Å²) in [5.41, 5.74) is 2.29. The second kappa shape index (κ2) is 5.27. The molecular formula is C13H16N2O4. The third-order valence-corrected chi connectivity index (χ3v) is 3.02. The van der Waals surface area contributed by atoms with Crippen LogP contribution in [-0.4, -0.2) is 34.1 Å². The largest absolute Gasteiger partial charge is 0.481 e. The van der Waals surface area contributed by atoms with Gasteiger partial charge in [0.15, 0.2) is 5.58 Å². The highest BCUT2D eigenvalue weighted by Crippen LogP contribution is 2.15. The molecule has 2 aromatic rings. The SMILES string of the molecule is CN(CCC(=O)O)Cc1ccc2c(c1)oc(=O)n2C. The summed E-state index contributed by atoms with van der Waals surface area (Å²) in [6, 6.07) is 5.56. The first-order valence-electron chi connectivity index (χ1n) is 5.96. The zero-order chi connectivity index (χ0) is 14.0. The summed E-state index contributed by atoms with van der Waals surface area (Å²) in [7, 11) is 3.52. The first-order chi connectivity index (χ1) is 8.97. The number of benzene rings is 1. The van der Waals surface area contributed by atoms with Gasteiger partial charge in [-0.05, 0) is 24.7 Å². The fourth-order valence-corrected chi connectivity index (χ4v) is 1.95. The van der Waals surface area contributed by atoms with Crippen LogP contribution in [0.3, 0.4) is 0 Å². The lowest BCUT2D eigenvalue weighted by atomic mass is 10.2. The highest BCUT2D eigenvalue weighted by molar-refractivity contribution is 5.73. The molecule has 19 heavy (non-hydrogen) atoms. The number of hydrogen-bond acceptors (Lipinski definition) is 4. The number of carboxylic acid groups (broad SMARTS) is 1. The Hall–Kier alpha value is -2.08. The van der Waals surface area contributed by atoms with E-state index in [0.717, 1.165) is 11.1 Å². The van der Waals surface area contributed by atoms with Crippen LogP contribution in [0.25, 0.3) is 11.1 Å². The molecule has 0 atom stereocenters. The fourth-order valence-electron chi connectivity index (χ4n) is 1.95. The molecule has 0 amide bonds. The Labute approximate surface area is 109 Å². The molecule has 2 rings (SSSR count). The van der Waals surface area contributed by atoms with Gasteiger partial charge < -0.3 is 14.4 Å². The van der Waals surface area contributed by atoms with Crippen LogP contribution in [0.15, 0.2) is 27.4 Å². The maximum Gasteiger partial charge on any atom is 0.419 e. The average Bonchev–Trinajstić information content (AvgIpc) is 2.62. The van der Waals surface area contributed by atoms with Gasteiger partial charge in [0.05, 0.1) is 11.9 Å². The number of rotatable bonds is 5. The lowest BCUT2D eigenvalue weighted by Crippen LogP contribution is -2.21. The van der Waals surface area contributed by atoms with E-state index in [2.05, 4.69) is 0 Å². The Morgan fingerprint density at radius 2 is 2.21 bits per heavy atom. The fraction of sp³-hybridized carbons (Fsp3) is 0.385. The Kier molecular flexibility index (Phi) is 3.71. The molecule has 1 aromatic carbocycles. The van der Waals surface area contributed by atoms with E-state index < -0.39 is 5.97 Å². The number of carbonyl (C=O) groups is 1. The zero-order valence-corrected chi connectivity index (χ0v) is 10.9. The Morgan fingerprint density at radius 1 is 1.47 bits per heavy atom. The summed E-state index contributed by atoms with van der Waals surface area (Å²) < 4.78 is 6.57. The number of aryl methyl sites for hydroxylation is 1. The molecule has 0 aliphatic heterocycles. The molecule has 6 heteroatoms. The van der Waals surface area contributed by atoms with Gasteiger partial charge in [-0.15, -0.1) is 0 Å². The first-order valence-corrected chi connectivity index (χ1v) is 5.96. The first kappa shape index (κ1) is 13.4. The Morgan fingerprint density at radius 3 is 2.89 bits per heavy atom. The molecule has 1 heterocycles. The van der Waals surface area contributed by atoms with Crippen molar-refractivity contribution in [2.45, 2.75) is 13.0 Å². The van der Waals surface area contributed by atoms with Crippen LogP contribution in [0.1, 0.15) is 12.0 Å². The quantitative estimate of drug-likeness (QED) is 0.873. The van der Waals surface area contributed by atoms with Crippen molar-refractivity contribution in [3.63, 3.8) is 0 Å². The highest BCUT2D eigenvalue weighted by Gasteiger charge is 2.08. The molecular weight excluding hydrogens is 248 g/mol. The van der Waals surface area contributed by atoms with Gasteiger partial charge >= 0.3 is 11.7 Å². The number of aromatic nitrogens is 1. The minimum Gasteiger partial charge on any atom is -0.481 e. The number of hydrogen-bond donors (Lipinski definition) is 1. The molecule has 0 saturated heterocycles. The van der Waals surface area contributed by atoms with Crippen LogP contribution in [-0.2, 0) is 18.4 Å². The van der Waals surface area contributed by atoms with E-state index in [-0.39, 0.29) is 12.2 Å². The zero-order valence-electron chi connectivity index (χ0n) is 10.9. The van der Waals surface area contributed by atoms with Crippen LogP contribution >= 0.6 is 0 Å². The van der Waals surface area contributed by atoms with Gasteiger partial charge in [0.1, 0.15) is 0 Å². The molecule has 102 valence electrons. The minimum absolute atomic E-state index is 0.110. The summed E-state index contributed by atoms with van der Waals surface area (Å²) >= 11 is 0. The maximum atomic E-state index is 11.4. The van der Waals surface area contributed by atoms with Crippen LogP contribution in [0.5, 0.6) is 0 Å². The van der Waals surface area contributed by atoms with Crippen LogP contribution in [0, 0.1) is 0 Å². The van der Waals surface area contributed by atoms with E-state index in [9.17, 15) is 9.59 Å². The molecule has 1 aromatic heterocycles. The van der Waals surface area contributed by atoms with E-state index in [1.54, 1.807) is 7.05 Å². The highest BCUT2D eigenvalue weighted by atomic mass is 16.4. The summed E-state index contributed by atoms with van der Waals surface area (Å²) in [5, 5.41) is 8.62. The molecule has 0 aliphatic carbocycles. The van der Waals surface area contributed by atoms with E-state index in [1.165, 1.54) is 4.57 Å². The van der Waals surface area contributed by atoms with Crippen molar-refractivity contribution in [1.82, 2.24) is 9.47 Å². The molecule has 0 bridgehead atoms. The third-order valence-electron chi connectivity index (χ3n) is 3.02. The average molecular weight is 264 g/mol. The maximum absolute atomic E-state index is 11.4. The van der Waals surface area contributed by atoms with Crippen molar-refractivity contribution in [2.24, 2.45) is 7.05 Å². The van der Waals surface area contributed by atoms with Gasteiger partial charge in [-0.2, -0.15) is 0 Å². The van der Waals surface area contributed by atoms with Gasteiger partial charge in [0, 0.05) is 20.1 Å². The Balaban J connectivity index is 2.13. The molecule has 0 radical (unpaired) electrons. The monoisotopic (exact) mass is 264 g/mol. The molecule has 0 fully saturated rings. The molecule has 0 saturated carbocycles. The number of nitrogens with zero attached hydrogens (tertiary/aromatic N) is 2. The minimum atomic E-state index is -0.809. The topological polar surface area (TPSA) is 75.7 Å². The van der Waals surface area contributed by atoms with Crippen molar-refractivity contribution in [2.75, 3.05) is 13.6 Å². The number of fused-ring (bicyclic) bond motifs is 1. The number of oxazole rings is 1. The lowest BCUT2D eigenvalue weighted by Gasteiger charge is -2.15. The van der Waals surface area contributed by atoms with E-state index in [4.69, 9.17) is 9.52 Å². The molecule has 6 nitrogen and oxygen atoms in total. The molecule has 1 N–H and O–H groups in total. The van der Waals surface area contributed by atoms with Crippen LogP contribution in [0.2, 0.25) is 0 Å². The van der Waals surface area contributed by atoms with Gasteiger partial charge in [-0.25, -0.2) is 4.79 Å². The number of carboxylic acids is 1. The van der Waals surface area contributed by atoms with Crippen molar-refractivity contribution >= 4 is 17.1 Å². The van der Waals surface area contributed by atoms with Crippen molar-refractivity contribution < 1.29 is 14.3 Å². The second-order valence-corrected chi connectivity index (χ2v) is 4.61. The molecule has 0 unspecified atom stereocenters. The van der Waals surface area contributed by atoms with Gasteiger partial charge in [0.25, 0.3) is 0 Å². The molecule has 0 aliphatic rings. The van der Waals surface area contributed by atoms with Crippen molar-refractivity contribution in [3.8, 4) is 0 Å². The molecule has 0 spiro atoms. The third kappa shape index (κ3) is 3.03. The van der Waals surface area contributed by atoms with Gasteiger partial charge in [-0.3, -0.25) is 9.36 Å². The second-order valence-electron chi connectivity index (χ2n) is 4.61. The van der Waals surface area contributed by atoms with Crippen molar-refractivity contribution in [1.29, 1.82) is 0 Å². The summed E-state index contributed by atoms with van der Waals surface area (Å²) in [4.78, 5) is 23.8. The van der Waals surface area contributed by atoms with Crippen molar-refractivity contribution in [3.05, 3.63) is 34.3 Å². The smallest absolute Gasteiger partial charge is 0.419 e. The standard InChI is InChI=1S/C13H16N2O4/c1-14(6-5-12(16)17)8-9-3-4-10-11(7-9)19-13(18)15(10)2/h3-4,7H,5-6,8H2,1-2H3,(H,16,17). The summed E-state index contributed by atoms with van der Waals surface area (Å²) in [6.07, 6.45) is 0.110. The number of aliphatic carboxylic acids is 1. The normalized spacial score (nSPS) is 11.3. The van der Waals surface area contributed by atoms with E-state index in [0.29, 0.717) is 18.7 Å². The summed E-state index contributed by atoms with van der Waals surface area (Å²) in [6.45, 7) is 1.09. The van der Waals surface area contributed by atoms with Gasteiger partial charge in [-0.1, -0.05) is 6.07 Å². The predicted molar refractivity (Wildman–Crippen MR) is 70.0 cm³/mol. The van der Waals surface area contributed by atoms with Gasteiger partial charge in [0.2, 0.25) is 0 Å². The lowest BCUT2D eigenvalue weighted by molar-refractivity contribution is -0.137. The Bertz CT molecular complexity index is 656.